The molecule has 29 heavy (non-hydrogen) atoms. The second kappa shape index (κ2) is 8.93. The molecule has 1 saturated heterocycles. The Kier molecular flexibility index (Phi) is 6.75. The SMILES string of the molecule is O=C(CN1CCN(S(=O)(=O)c2cc(Cl)ccc2Cl)CC1)Nc1ccc(F)c(F)c1. The van der Waals surface area contributed by atoms with Crippen LogP contribution in [-0.4, -0.2) is 56.3 Å². The number of hydrogen-bond donors (Lipinski definition) is 1. The molecule has 0 saturated carbocycles. The molecule has 1 fully saturated rings. The van der Waals surface area contributed by atoms with Crippen molar-refractivity contribution in [2.75, 3.05) is 38.0 Å². The standard InChI is InChI=1S/C18H17Cl2F2N3O3S/c19-12-1-3-14(20)17(9-12)29(27,28)25-7-5-24(6-8-25)11-18(26)23-13-2-4-15(21)16(22)10-13/h1-4,9-10H,5-8,11H2,(H,23,26). The highest BCUT2D eigenvalue weighted by Gasteiger charge is 2.30. The number of nitrogens with one attached hydrogen (secondary N) is 1. The zero-order chi connectivity index (χ0) is 21.2. The minimum absolute atomic E-state index is 0.00912. The van der Waals surface area contributed by atoms with Gasteiger partial charge in [0, 0.05) is 43.0 Å². The number of nitrogens with zero attached hydrogens (tertiary/aromatic N) is 2. The van der Waals surface area contributed by atoms with E-state index in [4.69, 9.17) is 23.2 Å². The normalized spacial score (nSPS) is 16.0. The Labute approximate surface area is 177 Å². The van der Waals surface area contributed by atoms with E-state index >= 15 is 0 Å². The van der Waals surface area contributed by atoms with Crippen LogP contribution in [0.2, 0.25) is 10.0 Å². The summed E-state index contributed by atoms with van der Waals surface area (Å²) in [6.07, 6.45) is 0. The predicted octanol–water partition coefficient (Wildman–Crippen LogP) is 3.22. The van der Waals surface area contributed by atoms with Gasteiger partial charge in [-0.1, -0.05) is 23.2 Å². The van der Waals surface area contributed by atoms with Crippen molar-refractivity contribution >= 4 is 44.8 Å². The summed E-state index contributed by atoms with van der Waals surface area (Å²) in [4.78, 5) is 13.8. The monoisotopic (exact) mass is 463 g/mol. The van der Waals surface area contributed by atoms with E-state index in [9.17, 15) is 22.0 Å². The summed E-state index contributed by atoms with van der Waals surface area (Å²) < 4.78 is 53.1. The van der Waals surface area contributed by atoms with Crippen LogP contribution in [0.25, 0.3) is 0 Å². The third-order valence-corrected chi connectivity index (χ3v) is 7.03. The van der Waals surface area contributed by atoms with Crippen molar-refractivity contribution in [2.24, 2.45) is 0 Å². The van der Waals surface area contributed by atoms with E-state index < -0.39 is 27.6 Å². The zero-order valence-electron chi connectivity index (χ0n) is 15.0. The van der Waals surface area contributed by atoms with Gasteiger partial charge < -0.3 is 5.32 Å². The number of hydrogen-bond acceptors (Lipinski definition) is 4. The molecule has 1 aliphatic heterocycles. The highest BCUT2D eigenvalue weighted by Crippen LogP contribution is 2.28. The number of halogens is 4. The number of anilines is 1. The maximum absolute atomic E-state index is 13.2. The van der Waals surface area contributed by atoms with Crippen LogP contribution in [0.5, 0.6) is 0 Å². The fourth-order valence-corrected chi connectivity index (χ4v) is 5.08. The summed E-state index contributed by atoms with van der Waals surface area (Å²) in [5, 5.41) is 2.84. The molecule has 1 heterocycles. The fraction of sp³-hybridized carbons (Fsp3) is 0.278. The lowest BCUT2D eigenvalue weighted by Gasteiger charge is -2.33. The van der Waals surface area contributed by atoms with Crippen LogP contribution in [0.3, 0.4) is 0 Å². The van der Waals surface area contributed by atoms with Crippen LogP contribution in [0.4, 0.5) is 14.5 Å². The number of benzene rings is 2. The number of piperazine rings is 1. The van der Waals surface area contributed by atoms with Crippen LogP contribution in [0, 0.1) is 11.6 Å². The summed E-state index contributed by atoms with van der Waals surface area (Å²) in [6.45, 7) is 0.975. The number of sulfonamides is 1. The molecule has 0 aliphatic carbocycles. The molecule has 1 aliphatic rings. The van der Waals surface area contributed by atoms with Crippen LogP contribution < -0.4 is 5.32 Å². The number of carbonyl (C=O) groups is 1. The largest absolute Gasteiger partial charge is 0.325 e. The van der Waals surface area contributed by atoms with E-state index in [1.54, 1.807) is 4.90 Å². The van der Waals surface area contributed by atoms with Crippen molar-refractivity contribution in [3.05, 3.63) is 58.1 Å². The van der Waals surface area contributed by atoms with E-state index in [0.717, 1.165) is 12.1 Å². The van der Waals surface area contributed by atoms with Gasteiger partial charge in [-0.25, -0.2) is 17.2 Å². The molecule has 2 aromatic rings. The molecule has 1 amide bonds. The van der Waals surface area contributed by atoms with Gasteiger partial charge in [0.2, 0.25) is 15.9 Å². The van der Waals surface area contributed by atoms with Crippen molar-refractivity contribution in [3.63, 3.8) is 0 Å². The number of carbonyl (C=O) groups excluding carboxylic acids is 1. The summed E-state index contributed by atoms with van der Waals surface area (Å²) in [6, 6.07) is 7.32. The van der Waals surface area contributed by atoms with Gasteiger partial charge in [-0.2, -0.15) is 4.31 Å². The van der Waals surface area contributed by atoms with Crippen LogP contribution >= 0.6 is 23.2 Å². The highest BCUT2D eigenvalue weighted by molar-refractivity contribution is 7.89. The predicted molar refractivity (Wildman–Crippen MR) is 107 cm³/mol. The van der Waals surface area contributed by atoms with E-state index in [1.807, 2.05) is 0 Å². The van der Waals surface area contributed by atoms with Gasteiger partial charge in [-0.3, -0.25) is 9.69 Å². The van der Waals surface area contributed by atoms with Crippen molar-refractivity contribution in [1.82, 2.24) is 9.21 Å². The first-order chi connectivity index (χ1) is 13.7. The first-order valence-corrected chi connectivity index (χ1v) is 10.8. The topological polar surface area (TPSA) is 69.7 Å². The summed E-state index contributed by atoms with van der Waals surface area (Å²) in [5.74, 6) is -2.47. The van der Waals surface area contributed by atoms with Crippen LogP contribution in [-0.2, 0) is 14.8 Å². The summed E-state index contributed by atoms with van der Waals surface area (Å²) in [5.41, 5.74) is 0.144. The van der Waals surface area contributed by atoms with Crippen molar-refractivity contribution in [1.29, 1.82) is 0 Å². The van der Waals surface area contributed by atoms with Crippen LogP contribution in [0.15, 0.2) is 41.3 Å². The second-order valence-electron chi connectivity index (χ2n) is 6.43. The quantitative estimate of drug-likeness (QED) is 0.738. The minimum Gasteiger partial charge on any atom is -0.325 e. The van der Waals surface area contributed by atoms with E-state index in [0.29, 0.717) is 13.1 Å². The molecule has 0 radical (unpaired) electrons. The second-order valence-corrected chi connectivity index (χ2v) is 9.18. The molecule has 6 nitrogen and oxygen atoms in total. The first-order valence-electron chi connectivity index (χ1n) is 8.59. The molecular weight excluding hydrogens is 447 g/mol. The van der Waals surface area contributed by atoms with Crippen molar-refractivity contribution in [3.8, 4) is 0 Å². The molecule has 0 bridgehead atoms. The van der Waals surface area contributed by atoms with Crippen LogP contribution in [0.1, 0.15) is 0 Å². The van der Waals surface area contributed by atoms with E-state index in [-0.39, 0.29) is 40.3 Å². The average molecular weight is 464 g/mol. The summed E-state index contributed by atoms with van der Waals surface area (Å²) >= 11 is 11.9. The van der Waals surface area contributed by atoms with E-state index in [1.165, 1.54) is 28.6 Å². The molecular formula is C18H17Cl2F2N3O3S. The van der Waals surface area contributed by atoms with E-state index in [2.05, 4.69) is 5.32 Å². The molecule has 0 spiro atoms. The summed E-state index contributed by atoms with van der Waals surface area (Å²) in [7, 11) is -3.81. The van der Waals surface area contributed by atoms with Crippen molar-refractivity contribution < 1.29 is 22.0 Å². The van der Waals surface area contributed by atoms with Gasteiger partial charge in [-0.15, -0.1) is 0 Å². The van der Waals surface area contributed by atoms with Gasteiger partial charge in [0.1, 0.15) is 4.90 Å². The molecule has 11 heteroatoms. The highest BCUT2D eigenvalue weighted by atomic mass is 35.5. The third kappa shape index (κ3) is 5.23. The molecule has 0 atom stereocenters. The maximum Gasteiger partial charge on any atom is 0.244 e. The average Bonchev–Trinajstić information content (AvgIpc) is 2.67. The lowest BCUT2D eigenvalue weighted by molar-refractivity contribution is -0.117. The lowest BCUT2D eigenvalue weighted by Crippen LogP contribution is -2.50. The molecule has 0 unspecified atom stereocenters. The smallest absolute Gasteiger partial charge is 0.244 e. The zero-order valence-corrected chi connectivity index (χ0v) is 17.4. The Morgan fingerprint density at radius 1 is 1.00 bits per heavy atom. The Bertz CT molecular complexity index is 1030. The molecule has 0 aromatic heterocycles. The van der Waals surface area contributed by atoms with Gasteiger partial charge in [0.25, 0.3) is 0 Å². The molecule has 1 N–H and O–H groups in total. The molecule has 2 aromatic carbocycles. The maximum atomic E-state index is 13.2. The third-order valence-electron chi connectivity index (χ3n) is 4.41. The number of rotatable bonds is 5. The fourth-order valence-electron chi connectivity index (χ4n) is 2.92. The Hall–Kier alpha value is -1.78. The van der Waals surface area contributed by atoms with Gasteiger partial charge in [0.15, 0.2) is 11.6 Å². The lowest BCUT2D eigenvalue weighted by atomic mass is 10.3. The molecule has 3 rings (SSSR count). The Morgan fingerprint density at radius 3 is 2.34 bits per heavy atom. The van der Waals surface area contributed by atoms with Gasteiger partial charge in [-0.05, 0) is 30.3 Å². The first kappa shape index (κ1) is 21.9. The van der Waals surface area contributed by atoms with Gasteiger partial charge in [0.05, 0.1) is 11.6 Å². The van der Waals surface area contributed by atoms with Gasteiger partial charge >= 0.3 is 0 Å². The number of amides is 1. The minimum atomic E-state index is -3.81. The Morgan fingerprint density at radius 2 is 1.69 bits per heavy atom. The molecule has 156 valence electrons. The Balaban J connectivity index is 1.58. The van der Waals surface area contributed by atoms with Crippen molar-refractivity contribution in [2.45, 2.75) is 4.90 Å².